The van der Waals surface area contributed by atoms with Gasteiger partial charge in [-0.3, -0.25) is 4.79 Å². The summed E-state index contributed by atoms with van der Waals surface area (Å²) in [7, 11) is 0. The highest BCUT2D eigenvalue weighted by Crippen LogP contribution is 2.27. The first kappa shape index (κ1) is 15.5. The van der Waals surface area contributed by atoms with Crippen LogP contribution in [0.4, 0.5) is 0 Å². The van der Waals surface area contributed by atoms with Crippen molar-refractivity contribution in [2.75, 3.05) is 5.75 Å². The molecule has 0 unspecified atom stereocenters. The number of hydrogen-bond acceptors (Lipinski definition) is 4. The molecule has 1 aromatic heterocycles. The van der Waals surface area contributed by atoms with E-state index in [-0.39, 0.29) is 5.28 Å². The lowest BCUT2D eigenvalue weighted by molar-refractivity contribution is -0.138. The molecule has 7 heteroatoms. The fourth-order valence-electron chi connectivity index (χ4n) is 1.28. The summed E-state index contributed by atoms with van der Waals surface area (Å²) >= 11 is 13.0. The smallest absolute Gasteiger partial charge is 0.319 e. The van der Waals surface area contributed by atoms with Crippen molar-refractivity contribution in [3.63, 3.8) is 0 Å². The Morgan fingerprint density at radius 2 is 2.00 bits per heavy atom. The predicted molar refractivity (Wildman–Crippen MR) is 74.7 cm³/mol. The van der Waals surface area contributed by atoms with E-state index >= 15 is 0 Å². The molecule has 1 aromatic rings. The van der Waals surface area contributed by atoms with E-state index in [1.807, 2.05) is 6.92 Å². The van der Waals surface area contributed by atoms with E-state index in [0.29, 0.717) is 17.3 Å². The van der Waals surface area contributed by atoms with E-state index in [4.69, 9.17) is 28.3 Å². The van der Waals surface area contributed by atoms with Crippen molar-refractivity contribution in [1.29, 1.82) is 0 Å². The zero-order valence-electron chi connectivity index (χ0n) is 10.3. The monoisotopic (exact) mass is 308 g/mol. The van der Waals surface area contributed by atoms with Crippen LogP contribution in [0.5, 0.6) is 0 Å². The molecular weight excluding hydrogens is 295 g/mol. The summed E-state index contributed by atoms with van der Waals surface area (Å²) in [6.45, 7) is 5.15. The minimum absolute atomic E-state index is 0.125. The van der Waals surface area contributed by atoms with Gasteiger partial charge in [0.15, 0.2) is 0 Å². The summed E-state index contributed by atoms with van der Waals surface area (Å²) in [5.41, 5.74) is 1.54. The van der Waals surface area contributed by atoms with Gasteiger partial charge in [-0.15, -0.1) is 11.8 Å². The van der Waals surface area contributed by atoms with E-state index in [1.165, 1.54) is 11.8 Å². The number of thioether (sulfide) groups is 1. The van der Waals surface area contributed by atoms with Crippen LogP contribution in [0, 0.1) is 6.92 Å². The summed E-state index contributed by atoms with van der Waals surface area (Å²) in [4.78, 5) is 18.9. The molecule has 18 heavy (non-hydrogen) atoms. The standard InChI is InChI=1S/C11H14Cl2N2O2S/c1-6-7(8(12)15-10(13)14-6)4-5-18-11(2,3)9(16)17/h4-5H2,1-3H3,(H,16,17). The predicted octanol–water partition coefficient (Wildman–Crippen LogP) is 3.23. The number of aliphatic carboxylic acids is 1. The van der Waals surface area contributed by atoms with Gasteiger partial charge in [-0.25, -0.2) is 9.97 Å². The first-order chi connectivity index (χ1) is 8.24. The average Bonchev–Trinajstić information content (AvgIpc) is 2.21. The molecule has 0 bridgehead atoms. The van der Waals surface area contributed by atoms with Gasteiger partial charge in [-0.1, -0.05) is 11.6 Å². The number of carboxylic acid groups (broad SMARTS) is 1. The van der Waals surface area contributed by atoms with E-state index in [1.54, 1.807) is 13.8 Å². The van der Waals surface area contributed by atoms with Gasteiger partial charge in [0.2, 0.25) is 5.28 Å². The maximum absolute atomic E-state index is 11.0. The molecule has 0 amide bonds. The van der Waals surface area contributed by atoms with Gasteiger partial charge in [-0.2, -0.15) is 0 Å². The van der Waals surface area contributed by atoms with Crippen LogP contribution in [0.15, 0.2) is 0 Å². The molecule has 0 fully saturated rings. The van der Waals surface area contributed by atoms with E-state index in [2.05, 4.69) is 9.97 Å². The normalized spacial score (nSPS) is 11.6. The number of rotatable bonds is 5. The SMILES string of the molecule is Cc1nc(Cl)nc(Cl)c1CCSC(C)(C)C(=O)O. The van der Waals surface area contributed by atoms with Crippen molar-refractivity contribution >= 4 is 40.9 Å². The molecule has 0 saturated carbocycles. The second-order valence-corrected chi connectivity index (χ2v) is 6.67. The molecule has 0 aliphatic heterocycles. The molecule has 0 aliphatic rings. The maximum Gasteiger partial charge on any atom is 0.319 e. The van der Waals surface area contributed by atoms with Crippen LogP contribution in [0.25, 0.3) is 0 Å². The number of aromatic nitrogens is 2. The van der Waals surface area contributed by atoms with Gasteiger partial charge in [-0.05, 0) is 44.5 Å². The third-order valence-corrected chi connectivity index (χ3v) is 4.25. The van der Waals surface area contributed by atoms with Crippen LogP contribution in [0.3, 0.4) is 0 Å². The molecule has 1 heterocycles. The molecule has 100 valence electrons. The molecule has 1 rings (SSSR count). The van der Waals surface area contributed by atoms with Crippen molar-refractivity contribution < 1.29 is 9.90 Å². The van der Waals surface area contributed by atoms with Crippen molar-refractivity contribution in [1.82, 2.24) is 9.97 Å². The summed E-state index contributed by atoms with van der Waals surface area (Å²) in [6, 6.07) is 0. The van der Waals surface area contributed by atoms with Crippen molar-refractivity contribution in [2.24, 2.45) is 0 Å². The van der Waals surface area contributed by atoms with Gasteiger partial charge in [0.05, 0.1) is 0 Å². The molecule has 4 nitrogen and oxygen atoms in total. The maximum atomic E-state index is 11.0. The zero-order valence-corrected chi connectivity index (χ0v) is 12.7. The van der Waals surface area contributed by atoms with Crippen LogP contribution in [-0.2, 0) is 11.2 Å². The Balaban J connectivity index is 2.68. The highest BCUT2D eigenvalue weighted by molar-refractivity contribution is 8.01. The molecule has 0 aromatic carbocycles. The molecule has 0 radical (unpaired) electrons. The fourth-order valence-corrected chi connectivity index (χ4v) is 2.79. The number of nitrogens with zero attached hydrogens (tertiary/aromatic N) is 2. The Morgan fingerprint density at radius 3 is 2.50 bits per heavy atom. The summed E-state index contributed by atoms with van der Waals surface area (Å²) in [5.74, 6) is -0.201. The van der Waals surface area contributed by atoms with Crippen molar-refractivity contribution in [2.45, 2.75) is 31.9 Å². The Kier molecular flexibility index (Phi) is 5.25. The van der Waals surface area contributed by atoms with Crippen LogP contribution in [-0.4, -0.2) is 31.5 Å². The van der Waals surface area contributed by atoms with E-state index in [0.717, 1.165) is 11.3 Å². The minimum atomic E-state index is -0.831. The molecule has 1 N–H and O–H groups in total. The second-order valence-electron chi connectivity index (χ2n) is 4.26. The molecule has 0 spiro atoms. The van der Waals surface area contributed by atoms with Gasteiger partial charge in [0, 0.05) is 11.3 Å². The van der Waals surface area contributed by atoms with E-state index in [9.17, 15) is 4.79 Å². The average molecular weight is 309 g/mol. The fraction of sp³-hybridized carbons (Fsp3) is 0.545. The molecule has 0 aliphatic carbocycles. The van der Waals surface area contributed by atoms with Crippen LogP contribution >= 0.6 is 35.0 Å². The number of carboxylic acids is 1. The minimum Gasteiger partial charge on any atom is -0.480 e. The first-order valence-corrected chi connectivity index (χ1v) is 7.04. The summed E-state index contributed by atoms with van der Waals surface area (Å²) < 4.78 is -0.812. The second kappa shape index (κ2) is 6.08. The zero-order chi connectivity index (χ0) is 13.9. The number of hydrogen-bond donors (Lipinski definition) is 1. The first-order valence-electron chi connectivity index (χ1n) is 5.30. The Hall–Kier alpha value is -0.520. The van der Waals surface area contributed by atoms with Gasteiger partial charge < -0.3 is 5.11 Å². The molecular formula is C11H14Cl2N2O2S. The third kappa shape index (κ3) is 4.00. The Morgan fingerprint density at radius 1 is 1.39 bits per heavy atom. The summed E-state index contributed by atoms with van der Waals surface area (Å²) in [6.07, 6.45) is 0.614. The number of carbonyl (C=O) groups is 1. The van der Waals surface area contributed by atoms with E-state index < -0.39 is 10.7 Å². The van der Waals surface area contributed by atoms with Gasteiger partial charge >= 0.3 is 5.97 Å². The Bertz CT molecular complexity index is 443. The topological polar surface area (TPSA) is 63.1 Å². The van der Waals surface area contributed by atoms with Crippen molar-refractivity contribution in [3.8, 4) is 0 Å². The summed E-state index contributed by atoms with van der Waals surface area (Å²) in [5, 5.41) is 9.45. The van der Waals surface area contributed by atoms with Crippen LogP contribution in [0.1, 0.15) is 25.1 Å². The number of aryl methyl sites for hydroxylation is 1. The lowest BCUT2D eigenvalue weighted by Crippen LogP contribution is -2.27. The van der Waals surface area contributed by atoms with Crippen molar-refractivity contribution in [3.05, 3.63) is 21.7 Å². The highest BCUT2D eigenvalue weighted by Gasteiger charge is 2.27. The largest absolute Gasteiger partial charge is 0.480 e. The lowest BCUT2D eigenvalue weighted by Gasteiger charge is -2.18. The van der Waals surface area contributed by atoms with Gasteiger partial charge in [0.1, 0.15) is 9.90 Å². The molecule has 0 atom stereocenters. The van der Waals surface area contributed by atoms with Crippen LogP contribution in [0.2, 0.25) is 10.4 Å². The Labute approximate surface area is 120 Å². The highest BCUT2D eigenvalue weighted by atomic mass is 35.5. The molecule has 0 saturated heterocycles. The lowest BCUT2D eigenvalue weighted by atomic mass is 10.2. The quantitative estimate of drug-likeness (QED) is 0.668. The van der Waals surface area contributed by atoms with Crippen LogP contribution < -0.4 is 0 Å². The number of halogens is 2. The third-order valence-electron chi connectivity index (χ3n) is 2.47. The van der Waals surface area contributed by atoms with Gasteiger partial charge in [0.25, 0.3) is 0 Å².